The average molecular weight is 701 g/mol. The zero-order chi connectivity index (χ0) is 36.1. The molecular weight excluding hydrogens is 669 g/mol. The maximum atomic E-state index is 14.6. The van der Waals surface area contributed by atoms with Crippen LogP contribution < -0.4 is 20.3 Å². The van der Waals surface area contributed by atoms with Crippen molar-refractivity contribution in [2.75, 3.05) is 22.3 Å². The summed E-state index contributed by atoms with van der Waals surface area (Å²) in [6, 6.07) is 32.9. The molecule has 2 amide bonds. The number of amides is 2. The highest BCUT2D eigenvalue weighted by Gasteiger charge is 2.32. The molecule has 0 unspecified atom stereocenters. The fourth-order valence-corrected chi connectivity index (χ4v) is 7.27. The molecule has 1 heterocycles. The van der Waals surface area contributed by atoms with Crippen LogP contribution in [0.25, 0.3) is 21.7 Å². The van der Waals surface area contributed by atoms with E-state index in [9.17, 15) is 27.9 Å². The molecule has 0 saturated carbocycles. The molecule has 5 N–H and O–H groups in total. The molecule has 0 aliphatic rings. The summed E-state index contributed by atoms with van der Waals surface area (Å²) in [4.78, 5) is 44.3. The lowest BCUT2D eigenvalue weighted by Gasteiger charge is -2.28. The molecule has 0 saturated heterocycles. The van der Waals surface area contributed by atoms with Crippen LogP contribution in [0.4, 0.5) is 11.4 Å². The lowest BCUT2D eigenvalue weighted by Crippen LogP contribution is -2.45. The van der Waals surface area contributed by atoms with Gasteiger partial charge in [0.15, 0.2) is 0 Å². The van der Waals surface area contributed by atoms with Crippen LogP contribution in [0, 0.1) is 5.41 Å². The van der Waals surface area contributed by atoms with E-state index in [1.54, 1.807) is 109 Å². The Morgan fingerprint density at radius 2 is 1.49 bits per heavy atom. The number of hydrogen-bond acceptors (Lipinski definition) is 7. The first-order chi connectivity index (χ1) is 24.5. The van der Waals surface area contributed by atoms with Gasteiger partial charge in [-0.3, -0.25) is 34.0 Å². The van der Waals surface area contributed by atoms with Gasteiger partial charge < -0.3 is 16.2 Å². The van der Waals surface area contributed by atoms with Crippen LogP contribution in [0.2, 0.25) is 0 Å². The Morgan fingerprint density at radius 3 is 2.22 bits per heavy atom. The smallest absolute Gasteiger partial charge is 0.323 e. The molecule has 51 heavy (non-hydrogen) atoms. The van der Waals surface area contributed by atoms with Gasteiger partial charge in [-0.1, -0.05) is 78.9 Å². The summed E-state index contributed by atoms with van der Waals surface area (Å²) < 4.78 is 30.1. The van der Waals surface area contributed by atoms with E-state index in [1.807, 2.05) is 0 Å². The number of sulfonamides is 1. The minimum atomic E-state index is -4.49. The van der Waals surface area contributed by atoms with Crippen molar-refractivity contribution in [3.63, 3.8) is 0 Å². The van der Waals surface area contributed by atoms with Crippen molar-refractivity contribution in [3.05, 3.63) is 144 Å². The molecule has 256 valence electrons. The second-order valence-corrected chi connectivity index (χ2v) is 13.4. The highest BCUT2D eigenvalue weighted by atomic mass is 32.2. The molecule has 0 radical (unpaired) electrons. The number of carbonyl (C=O) groups is 3. The van der Waals surface area contributed by atoms with Gasteiger partial charge in [0, 0.05) is 34.9 Å². The summed E-state index contributed by atoms with van der Waals surface area (Å²) in [5.41, 5.74) is 7.87. The molecule has 0 bridgehead atoms. The molecule has 0 aliphatic carbocycles. The largest absolute Gasteiger partial charge is 0.480 e. The molecule has 0 aliphatic heterocycles. The van der Waals surface area contributed by atoms with Gasteiger partial charge in [0.25, 0.3) is 15.9 Å². The van der Waals surface area contributed by atoms with Crippen LogP contribution in [0.3, 0.4) is 0 Å². The lowest BCUT2D eigenvalue weighted by atomic mass is 10.0. The maximum Gasteiger partial charge on any atom is 0.323 e. The highest BCUT2D eigenvalue weighted by molar-refractivity contribution is 7.93. The Labute approximate surface area is 293 Å². The van der Waals surface area contributed by atoms with Gasteiger partial charge in [0.1, 0.15) is 23.8 Å². The van der Waals surface area contributed by atoms with Crippen LogP contribution >= 0.6 is 0 Å². The van der Waals surface area contributed by atoms with E-state index in [2.05, 4.69) is 10.3 Å². The quantitative estimate of drug-likeness (QED) is 0.102. The second-order valence-electron chi connectivity index (χ2n) is 11.6. The number of nitrogens with one attached hydrogen (secondary N) is 2. The number of hydrogen-bond donors (Lipinski definition) is 4. The topological polar surface area (TPSA) is 187 Å². The van der Waals surface area contributed by atoms with Gasteiger partial charge in [-0.05, 0) is 58.8 Å². The monoisotopic (exact) mass is 700 g/mol. The van der Waals surface area contributed by atoms with E-state index in [4.69, 9.17) is 11.1 Å². The van der Waals surface area contributed by atoms with Crippen molar-refractivity contribution in [3.8, 4) is 0 Å². The fraction of sp³-hybridized carbons (Fsp3) is 0.0789. The number of anilines is 2. The first-order valence-corrected chi connectivity index (χ1v) is 17.1. The molecule has 6 rings (SSSR count). The first kappa shape index (κ1) is 34.3. The van der Waals surface area contributed by atoms with Gasteiger partial charge >= 0.3 is 5.97 Å². The molecular formula is C38H32N6O6S. The summed E-state index contributed by atoms with van der Waals surface area (Å²) >= 11 is 0. The van der Waals surface area contributed by atoms with Crippen molar-refractivity contribution in [2.45, 2.75) is 11.4 Å². The van der Waals surface area contributed by atoms with Crippen LogP contribution in [0.5, 0.6) is 0 Å². The highest BCUT2D eigenvalue weighted by Crippen LogP contribution is 2.32. The minimum Gasteiger partial charge on any atom is -0.480 e. The number of fused-ring (bicyclic) bond motifs is 2. The van der Waals surface area contributed by atoms with Crippen molar-refractivity contribution in [1.82, 2.24) is 10.3 Å². The SMILES string of the molecule is N=C(N)c1ccc(CNC(=O)c2cccc3cc(N(CC(=O)N(CC(=O)O)c4ccccc4)S(=O)(=O)c4cccc5cccnc45)ccc23)cc1. The lowest BCUT2D eigenvalue weighted by molar-refractivity contribution is -0.136. The summed E-state index contributed by atoms with van der Waals surface area (Å²) in [6.07, 6.45) is 1.48. The normalized spacial score (nSPS) is 11.2. The Morgan fingerprint density at radius 1 is 0.784 bits per heavy atom. The van der Waals surface area contributed by atoms with Crippen molar-refractivity contribution in [2.24, 2.45) is 5.73 Å². The number of carboxylic acids is 1. The van der Waals surface area contributed by atoms with Crippen molar-refractivity contribution in [1.29, 1.82) is 5.41 Å². The zero-order valence-electron chi connectivity index (χ0n) is 27.1. The van der Waals surface area contributed by atoms with E-state index in [0.29, 0.717) is 27.3 Å². The van der Waals surface area contributed by atoms with Gasteiger partial charge in [0.05, 0.1) is 11.2 Å². The summed E-state index contributed by atoms with van der Waals surface area (Å²) in [7, 11) is -4.49. The maximum absolute atomic E-state index is 14.6. The molecule has 6 aromatic rings. The second kappa shape index (κ2) is 14.5. The van der Waals surface area contributed by atoms with Crippen LogP contribution in [-0.2, 0) is 26.2 Å². The van der Waals surface area contributed by atoms with Gasteiger partial charge in [0.2, 0.25) is 5.91 Å². The molecule has 0 atom stereocenters. The number of rotatable bonds is 12. The Kier molecular flexibility index (Phi) is 9.73. The third-order valence-electron chi connectivity index (χ3n) is 8.22. The standard InChI is InChI=1S/C38H32N6O6S/c39-37(40)27-16-14-25(15-17-27)22-42-38(48)32-12-4-8-28-21-30(18-19-31(28)32)44(23-34(45)43(24-35(46)47)29-10-2-1-3-11-29)51(49,50)33-13-5-7-26-9-6-20-41-36(26)33/h1-21H,22-24H2,(H3,39,40)(H,42,48)(H,46,47). The van der Waals surface area contributed by atoms with Crippen LogP contribution in [-0.4, -0.2) is 55.2 Å². The number of benzene rings is 5. The number of nitrogens with zero attached hydrogens (tertiary/aromatic N) is 3. The average Bonchev–Trinajstić information content (AvgIpc) is 3.14. The van der Waals surface area contributed by atoms with Crippen molar-refractivity contribution >= 4 is 66.7 Å². The van der Waals surface area contributed by atoms with E-state index in [1.165, 1.54) is 18.3 Å². The van der Waals surface area contributed by atoms with Crippen LogP contribution in [0.1, 0.15) is 21.5 Å². The molecule has 0 spiro atoms. The number of pyridine rings is 1. The van der Waals surface area contributed by atoms with Crippen molar-refractivity contribution < 1.29 is 27.9 Å². The molecule has 13 heteroatoms. The third-order valence-corrected chi connectivity index (χ3v) is 10.0. The first-order valence-electron chi connectivity index (χ1n) is 15.7. The molecule has 1 aromatic heterocycles. The zero-order valence-corrected chi connectivity index (χ0v) is 27.9. The van der Waals surface area contributed by atoms with Gasteiger partial charge in [-0.25, -0.2) is 8.42 Å². The number of aromatic nitrogens is 1. The van der Waals surface area contributed by atoms with E-state index in [-0.39, 0.29) is 40.1 Å². The Hall–Kier alpha value is -6.60. The molecule has 12 nitrogen and oxygen atoms in total. The molecule has 5 aromatic carbocycles. The van der Waals surface area contributed by atoms with E-state index >= 15 is 0 Å². The molecule has 0 fully saturated rings. The number of nitrogens with two attached hydrogens (primary N) is 1. The summed E-state index contributed by atoms with van der Waals surface area (Å²) in [5, 5.41) is 21.7. The number of carbonyl (C=O) groups excluding carboxylic acids is 2. The van der Waals surface area contributed by atoms with E-state index in [0.717, 1.165) is 14.8 Å². The third kappa shape index (κ3) is 7.38. The predicted octanol–water partition coefficient (Wildman–Crippen LogP) is 4.92. The number of amidine groups is 1. The Bertz CT molecular complexity index is 2400. The fourth-order valence-electron chi connectivity index (χ4n) is 5.70. The Balaban J connectivity index is 1.38. The summed E-state index contributed by atoms with van der Waals surface area (Å²) in [5.74, 6) is -2.47. The van der Waals surface area contributed by atoms with E-state index < -0.39 is 35.0 Å². The van der Waals surface area contributed by atoms with Gasteiger partial charge in [-0.2, -0.15) is 0 Å². The number of carboxylic acid groups (broad SMARTS) is 1. The number of para-hydroxylation sites is 2. The number of nitrogen functional groups attached to an aromatic ring is 1. The number of aliphatic carboxylic acids is 1. The van der Waals surface area contributed by atoms with Crippen LogP contribution in [0.15, 0.2) is 132 Å². The van der Waals surface area contributed by atoms with Gasteiger partial charge in [-0.15, -0.1) is 0 Å². The summed E-state index contributed by atoms with van der Waals surface area (Å²) in [6.45, 7) is -1.21. The minimum absolute atomic E-state index is 0.0565. The predicted molar refractivity (Wildman–Crippen MR) is 195 cm³/mol.